The molecule has 0 saturated carbocycles. The highest BCUT2D eigenvalue weighted by Gasteiger charge is 2.32. The standard InChI is InChI=1S/C15H32/c1-11(2)13(10-14(4,5)6)12(3)15(7,8)9/h11-13H,10H2,1-9H3. The van der Waals surface area contributed by atoms with Gasteiger partial charge in [0.25, 0.3) is 0 Å². The Morgan fingerprint density at radius 2 is 1.20 bits per heavy atom. The summed E-state index contributed by atoms with van der Waals surface area (Å²) in [5.41, 5.74) is 0.884. The van der Waals surface area contributed by atoms with Crippen LogP contribution in [0.2, 0.25) is 0 Å². The van der Waals surface area contributed by atoms with Gasteiger partial charge >= 0.3 is 0 Å². The number of hydrogen-bond donors (Lipinski definition) is 0. The fraction of sp³-hybridized carbons (Fsp3) is 1.00. The molecular formula is C15H32. The maximum Gasteiger partial charge on any atom is -0.0354 e. The molecule has 0 radical (unpaired) electrons. The van der Waals surface area contributed by atoms with Crippen LogP contribution in [0, 0.1) is 28.6 Å². The second-order valence-corrected chi connectivity index (χ2v) is 7.83. The summed E-state index contributed by atoms with van der Waals surface area (Å²) in [4.78, 5) is 0. The molecule has 15 heavy (non-hydrogen) atoms. The van der Waals surface area contributed by atoms with Crippen LogP contribution in [-0.4, -0.2) is 0 Å². The molecule has 92 valence electrons. The van der Waals surface area contributed by atoms with Gasteiger partial charge in [-0.2, -0.15) is 0 Å². The smallest absolute Gasteiger partial charge is 0.0354 e. The molecule has 0 bridgehead atoms. The van der Waals surface area contributed by atoms with Gasteiger partial charge in [-0.25, -0.2) is 0 Å². The van der Waals surface area contributed by atoms with Gasteiger partial charge in [0.05, 0.1) is 0 Å². The third-order valence-electron chi connectivity index (χ3n) is 3.71. The molecule has 2 atom stereocenters. The van der Waals surface area contributed by atoms with Crippen molar-refractivity contribution < 1.29 is 0 Å². The molecule has 0 aliphatic heterocycles. The van der Waals surface area contributed by atoms with E-state index >= 15 is 0 Å². The largest absolute Gasteiger partial charge is 0.0625 e. The van der Waals surface area contributed by atoms with E-state index < -0.39 is 0 Å². The first-order chi connectivity index (χ1) is 6.45. The summed E-state index contributed by atoms with van der Waals surface area (Å²) in [7, 11) is 0. The average Bonchev–Trinajstić information content (AvgIpc) is 1.94. The quantitative estimate of drug-likeness (QED) is 0.589. The van der Waals surface area contributed by atoms with Gasteiger partial charge in [0, 0.05) is 0 Å². The highest BCUT2D eigenvalue weighted by Crippen LogP contribution is 2.41. The molecule has 0 fully saturated rings. The molecule has 0 aromatic heterocycles. The zero-order valence-corrected chi connectivity index (χ0v) is 12.4. The molecule has 0 aliphatic rings. The molecule has 2 unspecified atom stereocenters. The number of rotatable bonds is 3. The van der Waals surface area contributed by atoms with Crippen molar-refractivity contribution in [3.05, 3.63) is 0 Å². The molecule has 0 nitrogen and oxygen atoms in total. The molecule has 0 aromatic carbocycles. The van der Waals surface area contributed by atoms with Crippen molar-refractivity contribution in [3.8, 4) is 0 Å². The van der Waals surface area contributed by atoms with Gasteiger partial charge in [-0.3, -0.25) is 0 Å². The van der Waals surface area contributed by atoms with Crippen molar-refractivity contribution in [2.45, 2.75) is 68.7 Å². The summed E-state index contributed by atoms with van der Waals surface area (Å²) in [5, 5.41) is 0. The summed E-state index contributed by atoms with van der Waals surface area (Å²) in [6, 6.07) is 0. The van der Waals surface area contributed by atoms with E-state index in [1.807, 2.05) is 0 Å². The molecule has 0 spiro atoms. The van der Waals surface area contributed by atoms with Crippen LogP contribution in [0.25, 0.3) is 0 Å². The van der Waals surface area contributed by atoms with Crippen LogP contribution in [0.5, 0.6) is 0 Å². The summed E-state index contributed by atoms with van der Waals surface area (Å²) in [5.74, 6) is 2.42. The Hall–Kier alpha value is 0. The minimum absolute atomic E-state index is 0.431. The third-order valence-corrected chi connectivity index (χ3v) is 3.71. The second-order valence-electron chi connectivity index (χ2n) is 7.83. The lowest BCUT2D eigenvalue weighted by Gasteiger charge is -2.40. The van der Waals surface area contributed by atoms with Crippen LogP contribution in [0.3, 0.4) is 0 Å². The summed E-state index contributed by atoms with van der Waals surface area (Å²) >= 11 is 0. The topological polar surface area (TPSA) is 0 Å². The van der Waals surface area contributed by atoms with Gasteiger partial charge in [0.2, 0.25) is 0 Å². The van der Waals surface area contributed by atoms with E-state index in [0.717, 1.165) is 17.8 Å². The molecule has 0 heteroatoms. The van der Waals surface area contributed by atoms with Gasteiger partial charge in [0.1, 0.15) is 0 Å². The Labute approximate surface area is 97.8 Å². The molecule has 0 aliphatic carbocycles. The van der Waals surface area contributed by atoms with E-state index in [4.69, 9.17) is 0 Å². The minimum atomic E-state index is 0.431. The first-order valence-electron chi connectivity index (χ1n) is 6.45. The summed E-state index contributed by atoms with van der Waals surface area (Å²) < 4.78 is 0. The Morgan fingerprint density at radius 3 is 1.40 bits per heavy atom. The summed E-state index contributed by atoms with van der Waals surface area (Å²) in [6.45, 7) is 21.4. The first-order valence-corrected chi connectivity index (χ1v) is 6.45. The maximum absolute atomic E-state index is 2.43. The molecule has 0 saturated heterocycles. The van der Waals surface area contributed by atoms with Gasteiger partial charge in [-0.05, 0) is 35.0 Å². The minimum Gasteiger partial charge on any atom is -0.0625 e. The van der Waals surface area contributed by atoms with Crippen molar-refractivity contribution in [3.63, 3.8) is 0 Å². The van der Waals surface area contributed by atoms with Crippen LogP contribution in [0.4, 0.5) is 0 Å². The molecule has 0 amide bonds. The van der Waals surface area contributed by atoms with Crippen molar-refractivity contribution >= 4 is 0 Å². The fourth-order valence-electron chi connectivity index (χ4n) is 2.34. The van der Waals surface area contributed by atoms with Gasteiger partial charge in [-0.1, -0.05) is 62.3 Å². The lowest BCUT2D eigenvalue weighted by Crippen LogP contribution is -2.31. The van der Waals surface area contributed by atoms with Gasteiger partial charge < -0.3 is 0 Å². The fourth-order valence-corrected chi connectivity index (χ4v) is 2.34. The predicted octanol–water partition coefficient (Wildman–Crippen LogP) is 5.38. The highest BCUT2D eigenvalue weighted by atomic mass is 14.4. The van der Waals surface area contributed by atoms with Crippen LogP contribution in [0.15, 0.2) is 0 Å². The molecule has 0 aromatic rings. The Morgan fingerprint density at radius 1 is 0.800 bits per heavy atom. The van der Waals surface area contributed by atoms with E-state index in [0.29, 0.717) is 10.8 Å². The lowest BCUT2D eigenvalue weighted by molar-refractivity contribution is 0.0988. The molecule has 0 N–H and O–H groups in total. The SMILES string of the molecule is CC(C)C(CC(C)(C)C)C(C)C(C)(C)C. The second kappa shape index (κ2) is 4.89. The van der Waals surface area contributed by atoms with Crippen molar-refractivity contribution in [2.75, 3.05) is 0 Å². The average molecular weight is 212 g/mol. The van der Waals surface area contributed by atoms with Crippen LogP contribution < -0.4 is 0 Å². The molecular weight excluding hydrogens is 180 g/mol. The van der Waals surface area contributed by atoms with Gasteiger partial charge in [-0.15, -0.1) is 0 Å². The van der Waals surface area contributed by atoms with E-state index in [2.05, 4.69) is 62.3 Å². The lowest BCUT2D eigenvalue weighted by atomic mass is 9.66. The Bertz CT molecular complexity index is 175. The monoisotopic (exact) mass is 212 g/mol. The third kappa shape index (κ3) is 5.58. The Balaban J connectivity index is 4.69. The van der Waals surface area contributed by atoms with E-state index in [-0.39, 0.29) is 0 Å². The molecule has 0 heterocycles. The zero-order chi connectivity index (χ0) is 12.4. The first kappa shape index (κ1) is 15.0. The normalized spacial score (nSPS) is 18.0. The van der Waals surface area contributed by atoms with E-state index in [1.165, 1.54) is 6.42 Å². The van der Waals surface area contributed by atoms with Crippen molar-refractivity contribution in [1.82, 2.24) is 0 Å². The summed E-state index contributed by atoms with van der Waals surface area (Å²) in [6.07, 6.45) is 1.34. The van der Waals surface area contributed by atoms with Gasteiger partial charge in [0.15, 0.2) is 0 Å². The zero-order valence-electron chi connectivity index (χ0n) is 12.4. The molecule has 0 rings (SSSR count). The van der Waals surface area contributed by atoms with Crippen LogP contribution in [-0.2, 0) is 0 Å². The maximum atomic E-state index is 2.43. The van der Waals surface area contributed by atoms with Crippen LogP contribution in [0.1, 0.15) is 68.7 Å². The van der Waals surface area contributed by atoms with Crippen molar-refractivity contribution in [2.24, 2.45) is 28.6 Å². The highest BCUT2D eigenvalue weighted by molar-refractivity contribution is 4.82. The van der Waals surface area contributed by atoms with Crippen LogP contribution >= 0.6 is 0 Å². The predicted molar refractivity (Wildman–Crippen MR) is 71.0 cm³/mol. The van der Waals surface area contributed by atoms with E-state index in [9.17, 15) is 0 Å². The van der Waals surface area contributed by atoms with Crippen molar-refractivity contribution in [1.29, 1.82) is 0 Å². The number of hydrogen-bond acceptors (Lipinski definition) is 0. The van der Waals surface area contributed by atoms with E-state index in [1.54, 1.807) is 0 Å². The Kier molecular flexibility index (Phi) is 4.89.